The first kappa shape index (κ1) is 19.6. The SMILES string of the molecule is CCN(Cc1cccs1)Cn1nc(-c2cc(C)ccc2C)c2ccccc2c1=O. The lowest BCUT2D eigenvalue weighted by Gasteiger charge is -2.21. The summed E-state index contributed by atoms with van der Waals surface area (Å²) in [5.74, 6) is 0. The monoisotopic (exact) mass is 403 g/mol. The second-order valence-electron chi connectivity index (χ2n) is 7.38. The van der Waals surface area contributed by atoms with Crippen LogP contribution in [-0.4, -0.2) is 21.2 Å². The van der Waals surface area contributed by atoms with Gasteiger partial charge in [-0.15, -0.1) is 11.3 Å². The predicted molar refractivity (Wildman–Crippen MR) is 121 cm³/mol. The molecule has 0 unspecified atom stereocenters. The normalized spacial score (nSPS) is 11.4. The highest BCUT2D eigenvalue weighted by Gasteiger charge is 2.15. The molecule has 0 fully saturated rings. The molecule has 5 heteroatoms. The number of aryl methyl sites for hydroxylation is 2. The van der Waals surface area contributed by atoms with Crippen molar-refractivity contribution in [3.05, 3.63) is 86.3 Å². The van der Waals surface area contributed by atoms with Crippen molar-refractivity contribution < 1.29 is 0 Å². The first-order valence-electron chi connectivity index (χ1n) is 9.89. The molecule has 148 valence electrons. The number of thiophene rings is 1. The smallest absolute Gasteiger partial charge is 0.275 e. The third kappa shape index (κ3) is 4.02. The van der Waals surface area contributed by atoms with Gasteiger partial charge in [-0.1, -0.05) is 48.9 Å². The maximum absolute atomic E-state index is 13.2. The van der Waals surface area contributed by atoms with E-state index in [2.05, 4.69) is 61.4 Å². The molecular weight excluding hydrogens is 378 g/mol. The highest BCUT2D eigenvalue weighted by molar-refractivity contribution is 7.09. The third-order valence-electron chi connectivity index (χ3n) is 5.26. The van der Waals surface area contributed by atoms with Gasteiger partial charge in [0, 0.05) is 22.4 Å². The second kappa shape index (κ2) is 8.31. The van der Waals surface area contributed by atoms with Crippen molar-refractivity contribution in [1.29, 1.82) is 0 Å². The third-order valence-corrected chi connectivity index (χ3v) is 6.12. The van der Waals surface area contributed by atoms with Crippen molar-refractivity contribution in [3.63, 3.8) is 0 Å². The van der Waals surface area contributed by atoms with Gasteiger partial charge in [-0.3, -0.25) is 9.69 Å². The fourth-order valence-electron chi connectivity index (χ4n) is 3.60. The van der Waals surface area contributed by atoms with E-state index >= 15 is 0 Å². The van der Waals surface area contributed by atoms with Gasteiger partial charge in [-0.05, 0) is 49.5 Å². The number of nitrogens with zero attached hydrogens (tertiary/aromatic N) is 3. The fourth-order valence-corrected chi connectivity index (χ4v) is 4.34. The molecule has 0 bridgehead atoms. The number of benzene rings is 2. The van der Waals surface area contributed by atoms with Gasteiger partial charge in [0.15, 0.2) is 0 Å². The van der Waals surface area contributed by atoms with Gasteiger partial charge in [0.25, 0.3) is 5.56 Å². The minimum atomic E-state index is -0.0423. The Hall–Kier alpha value is -2.76. The molecule has 0 atom stereocenters. The van der Waals surface area contributed by atoms with Crippen LogP contribution in [0.5, 0.6) is 0 Å². The number of rotatable bonds is 6. The summed E-state index contributed by atoms with van der Waals surface area (Å²) in [6, 6.07) is 18.4. The van der Waals surface area contributed by atoms with E-state index in [0.717, 1.165) is 35.3 Å². The Morgan fingerprint density at radius 3 is 2.55 bits per heavy atom. The van der Waals surface area contributed by atoms with Crippen molar-refractivity contribution in [2.24, 2.45) is 0 Å². The van der Waals surface area contributed by atoms with E-state index < -0.39 is 0 Å². The van der Waals surface area contributed by atoms with Gasteiger partial charge >= 0.3 is 0 Å². The second-order valence-corrected chi connectivity index (χ2v) is 8.42. The molecule has 0 saturated carbocycles. The molecule has 0 aliphatic rings. The standard InChI is InChI=1S/C24H25N3OS/c1-4-26(15-19-8-7-13-29-19)16-27-24(28)21-10-6-5-9-20(21)23(25-27)22-14-17(2)11-12-18(22)3/h5-14H,4,15-16H2,1-3H3. The van der Waals surface area contributed by atoms with E-state index in [1.165, 1.54) is 10.4 Å². The summed E-state index contributed by atoms with van der Waals surface area (Å²) in [6.07, 6.45) is 0. The summed E-state index contributed by atoms with van der Waals surface area (Å²) in [5, 5.41) is 8.56. The highest BCUT2D eigenvalue weighted by atomic mass is 32.1. The largest absolute Gasteiger partial charge is 0.279 e. The van der Waals surface area contributed by atoms with Crippen LogP contribution in [0.4, 0.5) is 0 Å². The van der Waals surface area contributed by atoms with Crippen LogP contribution in [0.3, 0.4) is 0 Å². The molecule has 0 spiro atoms. The van der Waals surface area contributed by atoms with Gasteiger partial charge in [0.05, 0.1) is 17.7 Å². The number of aromatic nitrogens is 2. The van der Waals surface area contributed by atoms with Crippen LogP contribution in [0, 0.1) is 13.8 Å². The Morgan fingerprint density at radius 2 is 1.83 bits per heavy atom. The summed E-state index contributed by atoms with van der Waals surface area (Å²) in [5.41, 5.74) is 4.25. The Bertz CT molecular complexity index is 1190. The van der Waals surface area contributed by atoms with Gasteiger partial charge in [0.2, 0.25) is 0 Å². The van der Waals surface area contributed by atoms with Crippen LogP contribution < -0.4 is 5.56 Å². The molecule has 4 nitrogen and oxygen atoms in total. The molecule has 4 rings (SSSR count). The molecule has 4 aromatic rings. The van der Waals surface area contributed by atoms with Crippen LogP contribution in [-0.2, 0) is 13.2 Å². The van der Waals surface area contributed by atoms with Gasteiger partial charge in [0.1, 0.15) is 0 Å². The lowest BCUT2D eigenvalue weighted by molar-refractivity contribution is 0.207. The van der Waals surface area contributed by atoms with Crippen molar-refractivity contribution in [2.75, 3.05) is 6.54 Å². The molecule has 2 aromatic heterocycles. The molecule has 2 heterocycles. The van der Waals surface area contributed by atoms with E-state index in [9.17, 15) is 4.79 Å². The van der Waals surface area contributed by atoms with E-state index in [4.69, 9.17) is 5.10 Å². The predicted octanol–water partition coefficient (Wildman–Crippen LogP) is 5.22. The highest BCUT2D eigenvalue weighted by Crippen LogP contribution is 2.28. The van der Waals surface area contributed by atoms with Crippen molar-refractivity contribution in [1.82, 2.24) is 14.7 Å². The minimum absolute atomic E-state index is 0.0423. The zero-order chi connectivity index (χ0) is 20.4. The maximum Gasteiger partial charge on any atom is 0.275 e. The molecule has 0 saturated heterocycles. The van der Waals surface area contributed by atoms with Crippen LogP contribution in [0.15, 0.2) is 64.8 Å². The van der Waals surface area contributed by atoms with E-state index in [1.807, 2.05) is 24.3 Å². The van der Waals surface area contributed by atoms with Crippen LogP contribution >= 0.6 is 11.3 Å². The zero-order valence-corrected chi connectivity index (χ0v) is 17.9. The molecule has 0 radical (unpaired) electrons. The average molecular weight is 404 g/mol. The molecule has 2 aromatic carbocycles. The Kier molecular flexibility index (Phi) is 5.60. The molecule has 0 N–H and O–H groups in total. The number of hydrogen-bond acceptors (Lipinski definition) is 4. The summed E-state index contributed by atoms with van der Waals surface area (Å²) in [7, 11) is 0. The first-order valence-corrected chi connectivity index (χ1v) is 10.8. The first-order chi connectivity index (χ1) is 14.1. The van der Waals surface area contributed by atoms with Crippen LogP contribution in [0.2, 0.25) is 0 Å². The fraction of sp³-hybridized carbons (Fsp3) is 0.250. The molecule has 0 aliphatic carbocycles. The van der Waals surface area contributed by atoms with Crippen LogP contribution in [0.25, 0.3) is 22.0 Å². The van der Waals surface area contributed by atoms with Crippen molar-refractivity contribution in [2.45, 2.75) is 34.0 Å². The Labute approximate surface area is 175 Å². The summed E-state index contributed by atoms with van der Waals surface area (Å²) < 4.78 is 1.62. The average Bonchev–Trinajstić information content (AvgIpc) is 3.24. The Morgan fingerprint density at radius 1 is 1.03 bits per heavy atom. The molecule has 0 amide bonds. The van der Waals surface area contributed by atoms with Gasteiger partial charge in [-0.25, -0.2) is 4.68 Å². The molecule has 0 aliphatic heterocycles. The van der Waals surface area contributed by atoms with Crippen molar-refractivity contribution >= 4 is 22.1 Å². The lowest BCUT2D eigenvalue weighted by atomic mass is 9.99. The summed E-state index contributed by atoms with van der Waals surface area (Å²) in [4.78, 5) is 16.7. The number of fused-ring (bicyclic) bond motifs is 1. The lowest BCUT2D eigenvalue weighted by Crippen LogP contribution is -2.33. The van der Waals surface area contributed by atoms with Crippen LogP contribution in [0.1, 0.15) is 22.9 Å². The number of hydrogen-bond donors (Lipinski definition) is 0. The van der Waals surface area contributed by atoms with Gasteiger partial charge < -0.3 is 0 Å². The zero-order valence-electron chi connectivity index (χ0n) is 17.1. The summed E-state index contributed by atoms with van der Waals surface area (Å²) in [6.45, 7) is 8.42. The molecular formula is C24H25N3OS. The Balaban J connectivity index is 1.83. The molecule has 29 heavy (non-hydrogen) atoms. The topological polar surface area (TPSA) is 38.1 Å². The summed E-state index contributed by atoms with van der Waals surface area (Å²) >= 11 is 1.74. The van der Waals surface area contributed by atoms with E-state index in [-0.39, 0.29) is 5.56 Å². The van der Waals surface area contributed by atoms with E-state index in [0.29, 0.717) is 12.1 Å². The maximum atomic E-state index is 13.2. The van der Waals surface area contributed by atoms with E-state index in [1.54, 1.807) is 16.0 Å². The quantitative estimate of drug-likeness (QED) is 0.443. The minimum Gasteiger partial charge on any atom is -0.279 e. The van der Waals surface area contributed by atoms with Gasteiger partial charge in [-0.2, -0.15) is 5.10 Å². The van der Waals surface area contributed by atoms with Crippen molar-refractivity contribution in [3.8, 4) is 11.3 Å².